The van der Waals surface area contributed by atoms with Gasteiger partial charge in [-0.25, -0.2) is 0 Å². The van der Waals surface area contributed by atoms with Crippen molar-refractivity contribution in [1.82, 2.24) is 0 Å². The quantitative estimate of drug-likeness (QED) is 0.607. The highest BCUT2D eigenvalue weighted by Crippen LogP contribution is 2.38. The summed E-state index contributed by atoms with van der Waals surface area (Å²) in [5, 5.41) is 12.5. The topological polar surface area (TPSA) is 60.2 Å². The molecule has 1 fully saturated rings. The summed E-state index contributed by atoms with van der Waals surface area (Å²) in [5.74, 6) is 0.337. The Hall–Kier alpha value is -1.23. The van der Waals surface area contributed by atoms with Crippen molar-refractivity contribution in [1.29, 1.82) is 0 Å². The molecule has 2 rings (SSSR count). The van der Waals surface area contributed by atoms with Gasteiger partial charge < -0.3 is 0 Å². The molecule has 1 aliphatic rings. The Morgan fingerprint density at radius 2 is 2.33 bits per heavy atom. The standard InChI is InChI=1S/C13H17NO3S/c15-12-5-2-1-4-10(12)11(7-8-14(16)17)13-6-3-9-18-13/h3,6,9-11H,1-2,4-5,7-8H2/t10-,11-/m0/s1. The van der Waals surface area contributed by atoms with Crippen LogP contribution in [0.4, 0.5) is 0 Å². The molecule has 2 atom stereocenters. The molecule has 0 N–H and O–H groups in total. The summed E-state index contributed by atoms with van der Waals surface area (Å²) in [6.45, 7) is -0.0493. The second-order valence-corrected chi connectivity index (χ2v) is 5.76. The third-order valence-corrected chi connectivity index (χ3v) is 4.62. The number of rotatable bonds is 5. The van der Waals surface area contributed by atoms with Crippen molar-refractivity contribution in [3.8, 4) is 0 Å². The van der Waals surface area contributed by atoms with Gasteiger partial charge in [-0.2, -0.15) is 0 Å². The molecule has 5 heteroatoms. The number of Topliss-reactive ketones (excluding diaryl/α,β-unsaturated/α-hetero) is 1. The highest BCUT2D eigenvalue weighted by atomic mass is 32.1. The van der Waals surface area contributed by atoms with Crippen molar-refractivity contribution in [2.24, 2.45) is 5.92 Å². The van der Waals surface area contributed by atoms with Gasteiger partial charge in [0.1, 0.15) is 5.78 Å². The molecule has 1 aliphatic carbocycles. The van der Waals surface area contributed by atoms with Crippen LogP contribution in [-0.2, 0) is 4.79 Å². The molecule has 0 unspecified atom stereocenters. The lowest BCUT2D eigenvalue weighted by molar-refractivity contribution is -0.481. The van der Waals surface area contributed by atoms with Crippen LogP contribution in [0.25, 0.3) is 0 Å². The zero-order valence-electron chi connectivity index (χ0n) is 10.2. The Balaban J connectivity index is 2.13. The smallest absolute Gasteiger partial charge is 0.204 e. The molecule has 18 heavy (non-hydrogen) atoms. The lowest BCUT2D eigenvalue weighted by Gasteiger charge is -2.27. The van der Waals surface area contributed by atoms with Crippen molar-refractivity contribution < 1.29 is 9.72 Å². The van der Waals surface area contributed by atoms with Gasteiger partial charge in [0.25, 0.3) is 0 Å². The molecule has 1 aromatic rings. The minimum Gasteiger partial charge on any atom is -0.299 e. The van der Waals surface area contributed by atoms with Gasteiger partial charge >= 0.3 is 0 Å². The van der Waals surface area contributed by atoms with Gasteiger partial charge in [-0.05, 0) is 24.3 Å². The Morgan fingerprint density at radius 3 is 2.94 bits per heavy atom. The molecule has 1 saturated carbocycles. The third-order valence-electron chi connectivity index (χ3n) is 3.62. The van der Waals surface area contributed by atoms with E-state index in [0.717, 1.165) is 24.1 Å². The van der Waals surface area contributed by atoms with Gasteiger partial charge in [0.15, 0.2) is 0 Å². The molecule has 0 aliphatic heterocycles. The first-order valence-electron chi connectivity index (χ1n) is 6.36. The number of nitrogens with zero attached hydrogens (tertiary/aromatic N) is 1. The molecule has 98 valence electrons. The van der Waals surface area contributed by atoms with Crippen molar-refractivity contribution in [3.05, 3.63) is 32.5 Å². The van der Waals surface area contributed by atoms with Crippen molar-refractivity contribution in [2.45, 2.75) is 38.0 Å². The summed E-state index contributed by atoms with van der Waals surface area (Å²) in [6, 6.07) is 3.95. The first-order valence-corrected chi connectivity index (χ1v) is 7.24. The van der Waals surface area contributed by atoms with Gasteiger partial charge in [-0.3, -0.25) is 14.9 Å². The Labute approximate surface area is 110 Å². The fourth-order valence-corrected chi connectivity index (χ4v) is 3.65. The van der Waals surface area contributed by atoms with E-state index in [4.69, 9.17) is 0 Å². The highest BCUT2D eigenvalue weighted by molar-refractivity contribution is 7.10. The maximum atomic E-state index is 12.0. The average Bonchev–Trinajstić information content (AvgIpc) is 2.85. The van der Waals surface area contributed by atoms with Crippen molar-refractivity contribution in [3.63, 3.8) is 0 Å². The molecular weight excluding hydrogens is 250 g/mol. The van der Waals surface area contributed by atoms with Crippen LogP contribution in [-0.4, -0.2) is 17.3 Å². The first kappa shape index (κ1) is 13.2. The number of ketones is 1. The molecule has 0 spiro atoms. The minimum atomic E-state index is -0.284. The number of hydrogen-bond donors (Lipinski definition) is 0. The highest BCUT2D eigenvalue weighted by Gasteiger charge is 2.32. The van der Waals surface area contributed by atoms with Gasteiger partial charge in [0, 0.05) is 34.5 Å². The molecule has 1 aromatic heterocycles. The number of carbonyl (C=O) groups is 1. The van der Waals surface area contributed by atoms with Gasteiger partial charge in [0.2, 0.25) is 6.54 Å². The second kappa shape index (κ2) is 6.09. The Morgan fingerprint density at radius 1 is 1.50 bits per heavy atom. The zero-order valence-corrected chi connectivity index (χ0v) is 11.0. The fraction of sp³-hybridized carbons (Fsp3) is 0.615. The van der Waals surface area contributed by atoms with E-state index in [9.17, 15) is 14.9 Å². The summed E-state index contributed by atoms with van der Waals surface area (Å²) in [7, 11) is 0. The lowest BCUT2D eigenvalue weighted by atomic mass is 9.77. The minimum absolute atomic E-state index is 0.00245. The largest absolute Gasteiger partial charge is 0.299 e. The molecule has 0 aromatic carbocycles. The van der Waals surface area contributed by atoms with Crippen LogP contribution in [0, 0.1) is 16.0 Å². The molecule has 1 heterocycles. The molecular formula is C13H17NO3S. The van der Waals surface area contributed by atoms with Crippen LogP contribution >= 0.6 is 11.3 Å². The van der Waals surface area contributed by atoms with E-state index in [2.05, 4.69) is 0 Å². The van der Waals surface area contributed by atoms with E-state index >= 15 is 0 Å². The van der Waals surface area contributed by atoms with Crippen LogP contribution in [0.5, 0.6) is 0 Å². The fourth-order valence-electron chi connectivity index (χ4n) is 2.72. The van der Waals surface area contributed by atoms with E-state index in [0.29, 0.717) is 18.6 Å². The van der Waals surface area contributed by atoms with Crippen molar-refractivity contribution in [2.75, 3.05) is 6.54 Å². The Kier molecular flexibility index (Phi) is 4.47. The number of carbonyl (C=O) groups excluding carboxylic acids is 1. The Bertz CT molecular complexity index is 416. The summed E-state index contributed by atoms with van der Waals surface area (Å²) in [6.07, 6.45) is 4.05. The zero-order chi connectivity index (χ0) is 13.0. The summed E-state index contributed by atoms with van der Waals surface area (Å²) in [4.78, 5) is 23.4. The van der Waals surface area contributed by atoms with E-state index in [-0.39, 0.29) is 23.3 Å². The average molecular weight is 267 g/mol. The lowest BCUT2D eigenvalue weighted by Crippen LogP contribution is -2.26. The number of hydrogen-bond acceptors (Lipinski definition) is 4. The number of thiophene rings is 1. The first-order chi connectivity index (χ1) is 8.68. The van der Waals surface area contributed by atoms with Gasteiger partial charge in [-0.1, -0.05) is 12.5 Å². The third kappa shape index (κ3) is 3.16. The monoisotopic (exact) mass is 267 g/mol. The summed E-state index contributed by atoms with van der Waals surface area (Å²) in [5.41, 5.74) is 0. The predicted molar refractivity (Wildman–Crippen MR) is 70.5 cm³/mol. The molecule has 0 saturated heterocycles. The van der Waals surface area contributed by atoms with Crippen LogP contribution in [0.1, 0.15) is 42.9 Å². The van der Waals surface area contributed by atoms with E-state index in [1.807, 2.05) is 17.5 Å². The van der Waals surface area contributed by atoms with Gasteiger partial charge in [0.05, 0.1) is 0 Å². The second-order valence-electron chi connectivity index (χ2n) is 4.79. The SMILES string of the molecule is O=C1CCCC[C@H]1[C@H](CC[N+](=O)[O-])c1cccs1. The van der Waals surface area contributed by atoms with E-state index < -0.39 is 0 Å². The maximum Gasteiger partial charge on any atom is 0.204 e. The van der Waals surface area contributed by atoms with Crippen LogP contribution in [0.15, 0.2) is 17.5 Å². The molecule has 0 amide bonds. The number of nitro groups is 1. The van der Waals surface area contributed by atoms with E-state index in [1.54, 1.807) is 11.3 Å². The molecule has 4 nitrogen and oxygen atoms in total. The van der Waals surface area contributed by atoms with Crippen LogP contribution < -0.4 is 0 Å². The summed E-state index contributed by atoms with van der Waals surface area (Å²) < 4.78 is 0. The summed E-state index contributed by atoms with van der Waals surface area (Å²) >= 11 is 1.60. The van der Waals surface area contributed by atoms with Crippen LogP contribution in [0.3, 0.4) is 0 Å². The van der Waals surface area contributed by atoms with Gasteiger partial charge in [-0.15, -0.1) is 11.3 Å². The van der Waals surface area contributed by atoms with Crippen LogP contribution in [0.2, 0.25) is 0 Å². The predicted octanol–water partition coefficient (Wildman–Crippen LogP) is 3.26. The normalized spacial score (nSPS) is 21.8. The molecule has 0 bridgehead atoms. The van der Waals surface area contributed by atoms with Crippen molar-refractivity contribution >= 4 is 17.1 Å². The maximum absolute atomic E-state index is 12.0. The van der Waals surface area contributed by atoms with E-state index in [1.165, 1.54) is 0 Å². The molecule has 0 radical (unpaired) electrons.